The second kappa shape index (κ2) is 5.32. The van der Waals surface area contributed by atoms with Gasteiger partial charge in [0.1, 0.15) is 4.60 Å². The molecule has 1 heterocycles. The van der Waals surface area contributed by atoms with Crippen LogP contribution in [0.4, 0.5) is 11.5 Å². The molecule has 0 radical (unpaired) electrons. The Labute approximate surface area is 117 Å². The molecule has 2 rings (SSSR count). The number of nitrogens with two attached hydrogens (primary N) is 1. The maximum absolute atomic E-state index is 11.9. The van der Waals surface area contributed by atoms with Gasteiger partial charge in [-0.15, -0.1) is 0 Å². The minimum absolute atomic E-state index is 0.293. The lowest BCUT2D eigenvalue weighted by Gasteiger charge is -2.06. The van der Waals surface area contributed by atoms with E-state index in [1.54, 1.807) is 12.1 Å². The Kier molecular flexibility index (Phi) is 3.78. The van der Waals surface area contributed by atoms with Crippen molar-refractivity contribution < 1.29 is 4.79 Å². The first kappa shape index (κ1) is 12.8. The van der Waals surface area contributed by atoms with Crippen LogP contribution in [0, 0.1) is 0 Å². The molecule has 1 aromatic heterocycles. The minimum atomic E-state index is -0.385. The summed E-state index contributed by atoms with van der Waals surface area (Å²) in [6.07, 6.45) is 2.92. The molecule has 0 spiro atoms. The Balaban J connectivity index is 2.21. The van der Waals surface area contributed by atoms with Crippen molar-refractivity contribution in [3.05, 3.63) is 45.8 Å². The normalized spacial score (nSPS) is 10.1. The van der Waals surface area contributed by atoms with E-state index in [1.807, 2.05) is 0 Å². The lowest BCUT2D eigenvalue weighted by atomic mass is 10.2. The molecule has 18 heavy (non-hydrogen) atoms. The van der Waals surface area contributed by atoms with E-state index in [1.165, 1.54) is 18.5 Å². The highest BCUT2D eigenvalue weighted by Gasteiger charge is 2.11. The quantitative estimate of drug-likeness (QED) is 0.831. The van der Waals surface area contributed by atoms with Crippen LogP contribution in [0.3, 0.4) is 0 Å². The van der Waals surface area contributed by atoms with E-state index in [-0.39, 0.29) is 5.91 Å². The zero-order valence-electron chi connectivity index (χ0n) is 9.02. The van der Waals surface area contributed by atoms with E-state index in [4.69, 9.17) is 17.3 Å². The molecule has 0 fully saturated rings. The number of halogens is 2. The molecule has 0 aliphatic rings. The molecule has 0 atom stereocenters. The number of hydrogen-bond donors (Lipinski definition) is 2. The average Bonchev–Trinajstić information content (AvgIpc) is 2.35. The summed E-state index contributed by atoms with van der Waals surface area (Å²) in [4.78, 5) is 19.9. The van der Waals surface area contributed by atoms with Crippen molar-refractivity contribution in [3.63, 3.8) is 0 Å². The van der Waals surface area contributed by atoms with Crippen molar-refractivity contribution in [1.29, 1.82) is 0 Å². The first-order chi connectivity index (χ1) is 8.56. The molecule has 92 valence electrons. The van der Waals surface area contributed by atoms with Crippen LogP contribution < -0.4 is 11.1 Å². The van der Waals surface area contributed by atoms with Crippen molar-refractivity contribution in [3.8, 4) is 0 Å². The van der Waals surface area contributed by atoms with Gasteiger partial charge in [0.15, 0.2) is 5.82 Å². The van der Waals surface area contributed by atoms with Gasteiger partial charge in [-0.1, -0.05) is 11.6 Å². The van der Waals surface area contributed by atoms with Crippen molar-refractivity contribution in [2.45, 2.75) is 0 Å². The topological polar surface area (TPSA) is 80.9 Å². The van der Waals surface area contributed by atoms with Crippen LogP contribution in [0.1, 0.15) is 10.4 Å². The Morgan fingerprint density at radius 1 is 1.33 bits per heavy atom. The van der Waals surface area contributed by atoms with E-state index in [9.17, 15) is 4.79 Å². The van der Waals surface area contributed by atoms with Crippen molar-refractivity contribution >= 4 is 44.9 Å². The Bertz CT molecular complexity index is 588. The van der Waals surface area contributed by atoms with Crippen LogP contribution >= 0.6 is 27.5 Å². The lowest BCUT2D eigenvalue weighted by Crippen LogP contribution is -2.14. The van der Waals surface area contributed by atoms with Gasteiger partial charge in [-0.3, -0.25) is 4.79 Å². The fourth-order valence-electron chi connectivity index (χ4n) is 1.28. The van der Waals surface area contributed by atoms with E-state index in [2.05, 4.69) is 31.2 Å². The second-order valence-corrected chi connectivity index (χ2v) is 4.64. The molecule has 1 amide bonds. The van der Waals surface area contributed by atoms with Crippen LogP contribution in [0.15, 0.2) is 35.2 Å². The number of anilines is 2. The summed E-state index contributed by atoms with van der Waals surface area (Å²) in [5.74, 6) is -0.0504. The summed E-state index contributed by atoms with van der Waals surface area (Å²) in [7, 11) is 0. The number of nitrogen functional groups attached to an aromatic ring is 1. The number of carbonyl (C=O) groups excluding carboxylic acids is 1. The van der Waals surface area contributed by atoms with Gasteiger partial charge in [0.2, 0.25) is 0 Å². The van der Waals surface area contributed by atoms with Gasteiger partial charge in [0.25, 0.3) is 5.91 Å². The van der Waals surface area contributed by atoms with Gasteiger partial charge in [-0.05, 0) is 34.1 Å². The van der Waals surface area contributed by atoms with Crippen molar-refractivity contribution in [2.24, 2.45) is 0 Å². The van der Waals surface area contributed by atoms with E-state index in [0.29, 0.717) is 26.7 Å². The molecule has 0 aliphatic carbocycles. The molecule has 0 saturated heterocycles. The van der Waals surface area contributed by atoms with Gasteiger partial charge >= 0.3 is 0 Å². The smallest absolute Gasteiger partial charge is 0.258 e. The molecule has 3 N–H and O–H groups in total. The molecule has 2 aromatic rings. The number of benzene rings is 1. The molecule has 5 nitrogen and oxygen atoms in total. The predicted octanol–water partition coefficient (Wildman–Crippen LogP) is 2.73. The van der Waals surface area contributed by atoms with Gasteiger partial charge in [-0.25, -0.2) is 9.97 Å². The zero-order chi connectivity index (χ0) is 13.1. The van der Waals surface area contributed by atoms with E-state index < -0.39 is 0 Å². The molecule has 0 bridgehead atoms. The summed E-state index contributed by atoms with van der Waals surface area (Å²) < 4.78 is 0.586. The van der Waals surface area contributed by atoms with E-state index >= 15 is 0 Å². The zero-order valence-corrected chi connectivity index (χ0v) is 11.4. The van der Waals surface area contributed by atoms with Crippen molar-refractivity contribution in [1.82, 2.24) is 9.97 Å². The van der Waals surface area contributed by atoms with Gasteiger partial charge in [0, 0.05) is 5.69 Å². The molecular formula is C11H8BrClN4O. The number of aromatic nitrogens is 2. The van der Waals surface area contributed by atoms with Crippen LogP contribution in [-0.2, 0) is 0 Å². The number of amides is 1. The first-order valence-electron chi connectivity index (χ1n) is 4.90. The fraction of sp³-hybridized carbons (Fsp3) is 0. The minimum Gasteiger partial charge on any atom is -0.399 e. The third kappa shape index (κ3) is 2.96. The third-order valence-electron chi connectivity index (χ3n) is 2.10. The number of nitrogens with one attached hydrogen (secondary N) is 1. The van der Waals surface area contributed by atoms with Gasteiger partial charge in [0.05, 0.1) is 23.0 Å². The van der Waals surface area contributed by atoms with Gasteiger partial charge < -0.3 is 11.1 Å². The average molecular weight is 328 g/mol. The van der Waals surface area contributed by atoms with Crippen LogP contribution in [0.5, 0.6) is 0 Å². The second-order valence-electron chi connectivity index (χ2n) is 3.42. The summed E-state index contributed by atoms with van der Waals surface area (Å²) in [5.41, 5.74) is 6.36. The molecule has 1 aromatic carbocycles. The van der Waals surface area contributed by atoms with Crippen LogP contribution in [-0.4, -0.2) is 15.9 Å². The highest BCUT2D eigenvalue weighted by atomic mass is 79.9. The molecule has 0 aliphatic heterocycles. The SMILES string of the molecule is Nc1ccc(Cl)c(C(=O)Nc2cnc(Br)cn2)c1. The maximum Gasteiger partial charge on any atom is 0.258 e. The van der Waals surface area contributed by atoms with E-state index in [0.717, 1.165) is 0 Å². The number of hydrogen-bond acceptors (Lipinski definition) is 4. The molecule has 7 heteroatoms. The third-order valence-corrected chi connectivity index (χ3v) is 2.84. The molecule has 0 saturated carbocycles. The summed E-state index contributed by atoms with van der Waals surface area (Å²) in [6.45, 7) is 0. The Hall–Kier alpha value is -1.66. The first-order valence-corrected chi connectivity index (χ1v) is 6.07. The molecule has 0 unspecified atom stereocenters. The maximum atomic E-state index is 11.9. The Morgan fingerprint density at radius 2 is 2.11 bits per heavy atom. The number of rotatable bonds is 2. The largest absolute Gasteiger partial charge is 0.399 e. The lowest BCUT2D eigenvalue weighted by molar-refractivity contribution is 0.102. The Morgan fingerprint density at radius 3 is 2.78 bits per heavy atom. The number of nitrogens with zero attached hydrogens (tertiary/aromatic N) is 2. The summed E-state index contributed by atoms with van der Waals surface area (Å²) in [6, 6.07) is 4.70. The van der Waals surface area contributed by atoms with Crippen molar-refractivity contribution in [2.75, 3.05) is 11.1 Å². The molecular weight excluding hydrogens is 320 g/mol. The van der Waals surface area contributed by atoms with Crippen LogP contribution in [0.2, 0.25) is 5.02 Å². The van der Waals surface area contributed by atoms with Gasteiger partial charge in [-0.2, -0.15) is 0 Å². The predicted molar refractivity (Wildman–Crippen MR) is 73.5 cm³/mol. The number of carbonyl (C=O) groups is 1. The monoisotopic (exact) mass is 326 g/mol. The summed E-state index contributed by atoms with van der Waals surface area (Å²) >= 11 is 9.08. The highest BCUT2D eigenvalue weighted by molar-refractivity contribution is 9.10. The fourth-order valence-corrected chi connectivity index (χ4v) is 1.69. The highest BCUT2D eigenvalue weighted by Crippen LogP contribution is 2.20. The van der Waals surface area contributed by atoms with Crippen LogP contribution in [0.25, 0.3) is 0 Å². The summed E-state index contributed by atoms with van der Waals surface area (Å²) in [5, 5.41) is 2.91. The standard InChI is InChI=1S/C11H8BrClN4O/c12-9-4-16-10(5-15-9)17-11(18)7-3-6(14)1-2-8(7)13/h1-5H,14H2,(H,16,17,18).